The number of fused-ring (bicyclic) bond motifs is 5. The SMILES string of the molecule is C[C@@H](CCO)c1coc(-c2cncc([C@@]34CC[C@@H](c5cc(-c6c(F)cccc6F)nnc53)C4(C)C)n2)n1. The van der Waals surface area contributed by atoms with Crippen LogP contribution in [0.3, 0.4) is 0 Å². The summed E-state index contributed by atoms with van der Waals surface area (Å²) in [5.41, 5.74) is 2.94. The van der Waals surface area contributed by atoms with Gasteiger partial charge in [-0.15, -0.1) is 5.10 Å². The number of benzene rings is 1. The molecule has 37 heavy (non-hydrogen) atoms. The Bertz CT molecular complexity index is 1480. The quantitative estimate of drug-likeness (QED) is 0.368. The van der Waals surface area contributed by atoms with E-state index in [4.69, 9.17) is 9.40 Å². The van der Waals surface area contributed by atoms with Crippen LogP contribution in [0, 0.1) is 17.0 Å². The van der Waals surface area contributed by atoms with E-state index in [0.29, 0.717) is 18.0 Å². The topological polar surface area (TPSA) is 97.8 Å². The Hall–Kier alpha value is -3.59. The summed E-state index contributed by atoms with van der Waals surface area (Å²) in [6, 6.07) is 5.58. The van der Waals surface area contributed by atoms with E-state index >= 15 is 0 Å². The van der Waals surface area contributed by atoms with Crippen LogP contribution < -0.4 is 0 Å². The predicted molar refractivity (Wildman–Crippen MR) is 132 cm³/mol. The first-order chi connectivity index (χ1) is 17.8. The largest absolute Gasteiger partial charge is 0.443 e. The van der Waals surface area contributed by atoms with Crippen molar-refractivity contribution in [2.24, 2.45) is 5.41 Å². The molecule has 6 rings (SSSR count). The summed E-state index contributed by atoms with van der Waals surface area (Å²) in [4.78, 5) is 14.0. The summed E-state index contributed by atoms with van der Waals surface area (Å²) in [5, 5.41) is 18.1. The molecular weight excluding hydrogens is 476 g/mol. The van der Waals surface area contributed by atoms with Gasteiger partial charge in [0.2, 0.25) is 5.89 Å². The molecule has 0 unspecified atom stereocenters. The van der Waals surface area contributed by atoms with Crippen molar-refractivity contribution in [3.63, 3.8) is 0 Å². The van der Waals surface area contributed by atoms with Crippen LogP contribution in [0.5, 0.6) is 0 Å². The van der Waals surface area contributed by atoms with Crippen molar-refractivity contribution < 1.29 is 18.3 Å². The molecule has 1 fully saturated rings. The normalized spacial score (nSPS) is 22.3. The average Bonchev–Trinajstić information content (AvgIpc) is 3.53. The number of hydrogen-bond donors (Lipinski definition) is 1. The molecule has 2 aliphatic carbocycles. The van der Waals surface area contributed by atoms with Crippen molar-refractivity contribution in [2.45, 2.75) is 57.3 Å². The molecule has 3 atom stereocenters. The van der Waals surface area contributed by atoms with E-state index in [1.807, 2.05) is 6.92 Å². The van der Waals surface area contributed by atoms with Crippen LogP contribution in [0.1, 0.15) is 74.5 Å². The van der Waals surface area contributed by atoms with Gasteiger partial charge in [0, 0.05) is 18.7 Å². The Kier molecular flexibility index (Phi) is 5.45. The summed E-state index contributed by atoms with van der Waals surface area (Å²) < 4.78 is 34.8. The number of rotatable bonds is 6. The molecule has 9 heteroatoms. The summed E-state index contributed by atoms with van der Waals surface area (Å²) >= 11 is 0. The third-order valence-electron chi connectivity index (χ3n) is 8.48. The molecule has 1 aromatic carbocycles. The number of aliphatic hydroxyl groups excluding tert-OH is 1. The van der Waals surface area contributed by atoms with E-state index in [2.05, 4.69) is 34.0 Å². The third-order valence-corrected chi connectivity index (χ3v) is 8.48. The summed E-state index contributed by atoms with van der Waals surface area (Å²) in [7, 11) is 0. The van der Waals surface area contributed by atoms with Crippen LogP contribution >= 0.6 is 0 Å². The van der Waals surface area contributed by atoms with Crippen LogP contribution in [0.2, 0.25) is 0 Å². The van der Waals surface area contributed by atoms with Crippen LogP contribution in [0.15, 0.2) is 47.3 Å². The Morgan fingerprint density at radius 2 is 1.89 bits per heavy atom. The van der Waals surface area contributed by atoms with Gasteiger partial charge in [-0.2, -0.15) is 5.10 Å². The lowest BCUT2D eigenvalue weighted by molar-refractivity contribution is 0.242. The maximum Gasteiger partial charge on any atom is 0.246 e. The Labute approximate surface area is 213 Å². The lowest BCUT2D eigenvalue weighted by Gasteiger charge is -2.37. The highest BCUT2D eigenvalue weighted by Gasteiger charge is 2.65. The minimum absolute atomic E-state index is 0.0530. The molecule has 3 heterocycles. The molecule has 3 aromatic heterocycles. The zero-order valence-corrected chi connectivity index (χ0v) is 20.9. The number of aromatic nitrogens is 5. The fourth-order valence-corrected chi connectivity index (χ4v) is 6.40. The summed E-state index contributed by atoms with van der Waals surface area (Å²) in [6.07, 6.45) is 7.26. The number of aliphatic hydroxyl groups is 1. The molecule has 0 aliphatic heterocycles. The Morgan fingerprint density at radius 3 is 2.65 bits per heavy atom. The van der Waals surface area contributed by atoms with Gasteiger partial charge in [-0.1, -0.05) is 26.8 Å². The van der Waals surface area contributed by atoms with Gasteiger partial charge in [-0.05, 0) is 54.4 Å². The van der Waals surface area contributed by atoms with E-state index in [9.17, 15) is 13.9 Å². The van der Waals surface area contributed by atoms with E-state index in [1.165, 1.54) is 18.2 Å². The molecule has 0 spiro atoms. The second-order valence-corrected chi connectivity index (χ2v) is 10.6. The molecule has 190 valence electrons. The van der Waals surface area contributed by atoms with Crippen molar-refractivity contribution in [2.75, 3.05) is 6.61 Å². The number of hydrogen-bond acceptors (Lipinski definition) is 7. The smallest absolute Gasteiger partial charge is 0.246 e. The van der Waals surface area contributed by atoms with Crippen molar-refractivity contribution in [1.82, 2.24) is 25.1 Å². The van der Waals surface area contributed by atoms with Crippen molar-refractivity contribution in [1.29, 1.82) is 0 Å². The molecule has 0 amide bonds. The van der Waals surface area contributed by atoms with E-state index in [-0.39, 0.29) is 35.1 Å². The first-order valence-electron chi connectivity index (χ1n) is 12.5. The standard InChI is InChI=1S/C28H27F2N5O2/c1-15(8-10-36)22-14-37-26(33-22)21-12-31-13-23(32-21)28-9-7-17(27(28,2)3)16-11-20(34-35-25(16)28)24-18(29)5-4-6-19(24)30/h4-6,11-15,17,36H,7-10H2,1-3H3/t15-,17-,28-/m0/s1. The van der Waals surface area contributed by atoms with Crippen molar-refractivity contribution in [3.05, 3.63) is 77.2 Å². The molecule has 7 nitrogen and oxygen atoms in total. The predicted octanol–water partition coefficient (Wildman–Crippen LogP) is 5.56. The molecular formula is C28H27F2N5O2. The molecule has 1 N–H and O–H groups in total. The van der Waals surface area contributed by atoms with Gasteiger partial charge in [0.05, 0.1) is 40.0 Å². The highest BCUT2D eigenvalue weighted by molar-refractivity contribution is 5.64. The minimum atomic E-state index is -0.663. The highest BCUT2D eigenvalue weighted by atomic mass is 19.1. The second kappa shape index (κ2) is 8.48. The van der Waals surface area contributed by atoms with E-state index in [0.717, 1.165) is 35.5 Å². The number of oxazole rings is 1. The monoisotopic (exact) mass is 503 g/mol. The molecule has 0 saturated heterocycles. The van der Waals surface area contributed by atoms with Crippen LogP contribution in [-0.2, 0) is 5.41 Å². The van der Waals surface area contributed by atoms with E-state index in [1.54, 1.807) is 24.7 Å². The molecule has 2 aliphatic rings. The zero-order valence-electron chi connectivity index (χ0n) is 20.9. The van der Waals surface area contributed by atoms with Gasteiger partial charge < -0.3 is 9.52 Å². The third kappa shape index (κ3) is 3.36. The Morgan fingerprint density at radius 1 is 1.11 bits per heavy atom. The van der Waals surface area contributed by atoms with Gasteiger partial charge in [-0.25, -0.2) is 18.7 Å². The number of nitrogens with zero attached hydrogens (tertiary/aromatic N) is 5. The number of halogens is 2. The maximum atomic E-state index is 14.5. The van der Waals surface area contributed by atoms with Crippen molar-refractivity contribution in [3.8, 4) is 22.8 Å². The van der Waals surface area contributed by atoms with Crippen LogP contribution in [-0.4, -0.2) is 36.9 Å². The fourth-order valence-electron chi connectivity index (χ4n) is 6.40. The molecule has 1 saturated carbocycles. The zero-order chi connectivity index (χ0) is 25.9. The molecule has 2 bridgehead atoms. The van der Waals surface area contributed by atoms with E-state index < -0.39 is 17.0 Å². The molecule has 4 aromatic rings. The van der Waals surface area contributed by atoms with Crippen LogP contribution in [0.4, 0.5) is 8.78 Å². The average molecular weight is 504 g/mol. The lowest BCUT2D eigenvalue weighted by atomic mass is 9.66. The highest BCUT2D eigenvalue weighted by Crippen LogP contribution is 2.69. The van der Waals surface area contributed by atoms with Gasteiger partial charge in [-0.3, -0.25) is 4.98 Å². The molecule has 0 radical (unpaired) electrons. The van der Waals surface area contributed by atoms with Gasteiger partial charge in [0.1, 0.15) is 23.6 Å². The first kappa shape index (κ1) is 23.8. The summed E-state index contributed by atoms with van der Waals surface area (Å²) in [6.45, 7) is 6.42. The second-order valence-electron chi connectivity index (χ2n) is 10.6. The van der Waals surface area contributed by atoms with Gasteiger partial charge >= 0.3 is 0 Å². The first-order valence-corrected chi connectivity index (χ1v) is 12.5. The van der Waals surface area contributed by atoms with Gasteiger partial charge in [0.15, 0.2) is 0 Å². The fraction of sp³-hybridized carbons (Fsp3) is 0.393. The van der Waals surface area contributed by atoms with Crippen molar-refractivity contribution >= 4 is 0 Å². The minimum Gasteiger partial charge on any atom is -0.443 e. The Balaban J connectivity index is 1.44. The van der Waals surface area contributed by atoms with Gasteiger partial charge in [0.25, 0.3) is 0 Å². The lowest BCUT2D eigenvalue weighted by Crippen LogP contribution is -2.38. The summed E-state index contributed by atoms with van der Waals surface area (Å²) in [5.74, 6) is -0.776. The van der Waals surface area contributed by atoms with Crippen LogP contribution in [0.25, 0.3) is 22.8 Å². The maximum absolute atomic E-state index is 14.5.